The van der Waals surface area contributed by atoms with Crippen LogP contribution in [0.4, 0.5) is 4.39 Å². The zero-order chi connectivity index (χ0) is 17.2. The number of ether oxygens (including phenoxy) is 2. The lowest BCUT2D eigenvalue weighted by Gasteiger charge is -2.23. The van der Waals surface area contributed by atoms with Crippen LogP contribution in [0, 0.1) is 5.82 Å². The molecule has 2 aliphatic heterocycles. The zero-order valence-corrected chi connectivity index (χ0v) is 13.8. The third-order valence-electron chi connectivity index (χ3n) is 4.59. The van der Waals surface area contributed by atoms with Crippen LogP contribution in [0.5, 0.6) is 5.75 Å². The molecule has 25 heavy (non-hydrogen) atoms. The van der Waals surface area contributed by atoms with Crippen molar-refractivity contribution in [2.45, 2.75) is 31.9 Å². The van der Waals surface area contributed by atoms with Gasteiger partial charge in [-0.3, -0.25) is 9.48 Å². The molecule has 2 aromatic rings. The fourth-order valence-electron chi connectivity index (χ4n) is 3.31. The highest BCUT2D eigenvalue weighted by atomic mass is 19.1. The first-order valence-corrected chi connectivity index (χ1v) is 8.61. The third kappa shape index (κ3) is 3.24. The second kappa shape index (κ2) is 6.84. The number of fused-ring (bicyclic) bond motifs is 1. The molecule has 1 amide bonds. The van der Waals surface area contributed by atoms with Gasteiger partial charge < -0.3 is 14.8 Å². The summed E-state index contributed by atoms with van der Waals surface area (Å²) in [6.45, 7) is 2.30. The SMILES string of the molecule is O=C1NCCn2ncc(-c3cc(F)ccc3OCC3CCCCO3)c21. The Balaban J connectivity index is 1.64. The topological polar surface area (TPSA) is 65.4 Å². The lowest BCUT2D eigenvalue weighted by molar-refractivity contribution is -0.0109. The summed E-state index contributed by atoms with van der Waals surface area (Å²) in [5, 5.41) is 7.06. The van der Waals surface area contributed by atoms with Crippen LogP contribution in [0.15, 0.2) is 24.4 Å². The summed E-state index contributed by atoms with van der Waals surface area (Å²) < 4.78 is 27.1. The van der Waals surface area contributed by atoms with Gasteiger partial charge in [-0.1, -0.05) is 0 Å². The number of amides is 1. The first-order valence-electron chi connectivity index (χ1n) is 8.61. The van der Waals surface area contributed by atoms with Crippen molar-refractivity contribution in [2.75, 3.05) is 19.8 Å². The molecule has 1 fully saturated rings. The van der Waals surface area contributed by atoms with E-state index >= 15 is 0 Å². The Morgan fingerprint density at radius 3 is 3.12 bits per heavy atom. The van der Waals surface area contributed by atoms with Crippen molar-refractivity contribution in [3.8, 4) is 16.9 Å². The maximum atomic E-state index is 13.9. The van der Waals surface area contributed by atoms with Crippen molar-refractivity contribution in [3.63, 3.8) is 0 Å². The summed E-state index contributed by atoms with van der Waals surface area (Å²) in [5.74, 6) is -0.0539. The van der Waals surface area contributed by atoms with Gasteiger partial charge in [-0.25, -0.2) is 4.39 Å². The smallest absolute Gasteiger partial charge is 0.270 e. The first kappa shape index (κ1) is 16.1. The number of rotatable bonds is 4. The van der Waals surface area contributed by atoms with Gasteiger partial charge in [0.25, 0.3) is 5.91 Å². The highest BCUT2D eigenvalue weighted by Crippen LogP contribution is 2.34. The molecule has 4 rings (SSSR count). The Morgan fingerprint density at radius 2 is 2.28 bits per heavy atom. The van der Waals surface area contributed by atoms with E-state index in [1.807, 2.05) is 0 Å². The van der Waals surface area contributed by atoms with Gasteiger partial charge in [0.05, 0.1) is 18.8 Å². The number of hydrogen-bond donors (Lipinski definition) is 1. The Hall–Kier alpha value is -2.41. The van der Waals surface area contributed by atoms with Crippen molar-refractivity contribution in [1.29, 1.82) is 0 Å². The van der Waals surface area contributed by atoms with Gasteiger partial charge in [0.15, 0.2) is 0 Å². The normalized spacial score (nSPS) is 20.0. The molecule has 0 saturated carbocycles. The zero-order valence-electron chi connectivity index (χ0n) is 13.8. The number of nitrogens with zero attached hydrogens (tertiary/aromatic N) is 2. The van der Waals surface area contributed by atoms with E-state index in [9.17, 15) is 9.18 Å². The molecular weight excluding hydrogens is 325 g/mol. The fraction of sp³-hybridized carbons (Fsp3) is 0.444. The summed E-state index contributed by atoms with van der Waals surface area (Å²) in [7, 11) is 0. The molecule has 1 atom stereocenters. The summed E-state index contributed by atoms with van der Waals surface area (Å²) >= 11 is 0. The molecule has 0 aliphatic carbocycles. The number of nitrogens with one attached hydrogen (secondary N) is 1. The van der Waals surface area contributed by atoms with Gasteiger partial charge in [0.1, 0.15) is 23.9 Å². The average Bonchev–Trinajstić information content (AvgIpc) is 3.07. The van der Waals surface area contributed by atoms with Crippen LogP contribution >= 0.6 is 0 Å². The number of carbonyl (C=O) groups is 1. The van der Waals surface area contributed by atoms with Crippen molar-refractivity contribution in [2.24, 2.45) is 0 Å². The van der Waals surface area contributed by atoms with Crippen LogP contribution in [0.3, 0.4) is 0 Å². The lowest BCUT2D eigenvalue weighted by atomic mass is 10.0. The van der Waals surface area contributed by atoms with Crippen LogP contribution in [0.1, 0.15) is 29.8 Å². The summed E-state index contributed by atoms with van der Waals surface area (Å²) in [4.78, 5) is 12.2. The maximum absolute atomic E-state index is 13.9. The predicted octanol–water partition coefficient (Wildman–Crippen LogP) is 2.38. The number of halogens is 1. The average molecular weight is 345 g/mol. The molecule has 2 aliphatic rings. The Morgan fingerprint density at radius 1 is 1.36 bits per heavy atom. The Bertz CT molecular complexity index is 784. The van der Waals surface area contributed by atoms with E-state index in [-0.39, 0.29) is 17.8 Å². The fourth-order valence-corrected chi connectivity index (χ4v) is 3.31. The van der Waals surface area contributed by atoms with Crippen molar-refractivity contribution < 1.29 is 18.7 Å². The minimum atomic E-state index is -0.382. The molecule has 0 spiro atoms. The van der Waals surface area contributed by atoms with E-state index in [1.165, 1.54) is 12.1 Å². The first-order chi connectivity index (χ1) is 12.2. The molecule has 3 heterocycles. The number of aromatic nitrogens is 2. The number of carbonyl (C=O) groups excluding carboxylic acids is 1. The van der Waals surface area contributed by atoms with Crippen molar-refractivity contribution in [1.82, 2.24) is 15.1 Å². The van der Waals surface area contributed by atoms with Crippen LogP contribution in [0.25, 0.3) is 11.1 Å². The minimum absolute atomic E-state index is 0.0519. The summed E-state index contributed by atoms with van der Waals surface area (Å²) in [6, 6.07) is 4.34. The van der Waals surface area contributed by atoms with E-state index < -0.39 is 0 Å². The number of hydrogen-bond acceptors (Lipinski definition) is 4. The van der Waals surface area contributed by atoms with E-state index in [0.29, 0.717) is 42.3 Å². The van der Waals surface area contributed by atoms with Crippen LogP contribution < -0.4 is 10.1 Å². The Labute approximate surface area is 144 Å². The number of benzene rings is 1. The predicted molar refractivity (Wildman–Crippen MR) is 89.0 cm³/mol. The molecule has 1 aromatic carbocycles. The van der Waals surface area contributed by atoms with Crippen LogP contribution in [-0.2, 0) is 11.3 Å². The van der Waals surface area contributed by atoms with Gasteiger partial charge >= 0.3 is 0 Å². The largest absolute Gasteiger partial charge is 0.490 e. The Kier molecular flexibility index (Phi) is 4.40. The highest BCUT2D eigenvalue weighted by Gasteiger charge is 2.25. The van der Waals surface area contributed by atoms with Gasteiger partial charge in [-0.05, 0) is 37.5 Å². The molecule has 1 aromatic heterocycles. The molecule has 1 N–H and O–H groups in total. The summed E-state index contributed by atoms with van der Waals surface area (Å²) in [5.41, 5.74) is 1.56. The van der Waals surface area contributed by atoms with Gasteiger partial charge in [-0.15, -0.1) is 0 Å². The van der Waals surface area contributed by atoms with Gasteiger partial charge in [-0.2, -0.15) is 5.10 Å². The van der Waals surface area contributed by atoms with Crippen molar-refractivity contribution >= 4 is 5.91 Å². The molecule has 132 valence electrons. The lowest BCUT2D eigenvalue weighted by Crippen LogP contribution is -2.35. The minimum Gasteiger partial charge on any atom is -0.490 e. The molecule has 7 heteroatoms. The molecule has 1 saturated heterocycles. The highest BCUT2D eigenvalue weighted by molar-refractivity contribution is 6.00. The third-order valence-corrected chi connectivity index (χ3v) is 4.59. The van der Waals surface area contributed by atoms with E-state index in [0.717, 1.165) is 25.9 Å². The molecule has 6 nitrogen and oxygen atoms in total. The van der Waals surface area contributed by atoms with E-state index in [1.54, 1.807) is 16.9 Å². The monoisotopic (exact) mass is 345 g/mol. The second-order valence-corrected chi connectivity index (χ2v) is 6.33. The van der Waals surface area contributed by atoms with E-state index in [2.05, 4.69) is 10.4 Å². The molecule has 0 bridgehead atoms. The van der Waals surface area contributed by atoms with Gasteiger partial charge in [0, 0.05) is 24.3 Å². The van der Waals surface area contributed by atoms with Crippen molar-refractivity contribution in [3.05, 3.63) is 35.9 Å². The molecule has 0 radical (unpaired) electrons. The maximum Gasteiger partial charge on any atom is 0.270 e. The van der Waals surface area contributed by atoms with Crippen LogP contribution in [0.2, 0.25) is 0 Å². The van der Waals surface area contributed by atoms with Crippen LogP contribution in [-0.4, -0.2) is 41.6 Å². The molecular formula is C18H20FN3O3. The summed E-state index contributed by atoms with van der Waals surface area (Å²) in [6.07, 6.45) is 4.81. The quantitative estimate of drug-likeness (QED) is 0.924. The molecule has 1 unspecified atom stereocenters. The standard InChI is InChI=1S/C18H20FN3O3/c19-12-4-5-16(25-11-13-3-1-2-8-24-13)14(9-12)15-10-21-22-7-6-20-18(23)17(15)22/h4-5,9-10,13H,1-3,6-8,11H2,(H,20,23). The van der Waals surface area contributed by atoms with Gasteiger partial charge in [0.2, 0.25) is 0 Å². The van der Waals surface area contributed by atoms with E-state index in [4.69, 9.17) is 9.47 Å². The second-order valence-electron chi connectivity index (χ2n) is 6.33.